The molecule has 1 aliphatic heterocycles. The molecule has 1 aliphatic rings. The molecule has 1 N–H and O–H groups in total. The summed E-state index contributed by atoms with van der Waals surface area (Å²) < 4.78 is 18.8. The van der Waals surface area contributed by atoms with Gasteiger partial charge in [0.25, 0.3) is 0 Å². The number of nitrogens with zero attached hydrogens (tertiary/aromatic N) is 2. The molecule has 1 amide bonds. The van der Waals surface area contributed by atoms with Gasteiger partial charge >= 0.3 is 6.09 Å². The maximum Gasteiger partial charge on any atom is 0.410 e. The van der Waals surface area contributed by atoms with E-state index in [4.69, 9.17) is 4.74 Å². The zero-order chi connectivity index (χ0) is 18.0. The van der Waals surface area contributed by atoms with Gasteiger partial charge in [-0.25, -0.2) is 9.18 Å². The standard InChI is InChI=1S/C19H24FN3O2/c1-19(2,3)25-18(24)23-8-6-15(7-9-23)22-16-11-13-10-14(20)4-5-17(13)21-12-16/h4-5,10-12,15,22H,6-9H2,1-3H3. The molecule has 0 aliphatic carbocycles. The number of halogens is 1. The molecule has 134 valence electrons. The Bertz CT molecular complexity index is 765. The summed E-state index contributed by atoms with van der Waals surface area (Å²) in [5.74, 6) is -0.267. The molecule has 5 nitrogen and oxygen atoms in total. The lowest BCUT2D eigenvalue weighted by molar-refractivity contribution is 0.0210. The minimum absolute atomic E-state index is 0.256. The van der Waals surface area contributed by atoms with E-state index in [1.165, 1.54) is 12.1 Å². The molecular weight excluding hydrogens is 321 g/mol. The van der Waals surface area contributed by atoms with E-state index in [1.807, 2.05) is 26.8 Å². The van der Waals surface area contributed by atoms with Crippen molar-refractivity contribution in [2.24, 2.45) is 0 Å². The number of pyridine rings is 1. The van der Waals surface area contributed by atoms with Gasteiger partial charge in [-0.1, -0.05) is 0 Å². The molecule has 25 heavy (non-hydrogen) atoms. The van der Waals surface area contributed by atoms with Crippen molar-refractivity contribution < 1.29 is 13.9 Å². The molecule has 1 fully saturated rings. The van der Waals surface area contributed by atoms with Crippen LogP contribution in [-0.2, 0) is 4.74 Å². The summed E-state index contributed by atoms with van der Waals surface area (Å²) in [6.45, 7) is 6.92. The maximum atomic E-state index is 13.4. The van der Waals surface area contributed by atoms with Gasteiger partial charge in [0.05, 0.1) is 17.4 Å². The minimum atomic E-state index is -0.474. The van der Waals surface area contributed by atoms with Crippen LogP contribution in [-0.4, -0.2) is 40.7 Å². The number of carbonyl (C=O) groups is 1. The van der Waals surface area contributed by atoms with Crippen molar-refractivity contribution in [2.45, 2.75) is 45.3 Å². The topological polar surface area (TPSA) is 54.5 Å². The summed E-state index contributed by atoms with van der Waals surface area (Å²) in [7, 11) is 0. The number of hydrogen-bond donors (Lipinski definition) is 1. The van der Waals surface area contributed by atoms with E-state index in [0.717, 1.165) is 29.4 Å². The first kappa shape index (κ1) is 17.5. The maximum absolute atomic E-state index is 13.4. The zero-order valence-electron chi connectivity index (χ0n) is 14.9. The van der Waals surface area contributed by atoms with E-state index in [0.29, 0.717) is 13.1 Å². The number of anilines is 1. The summed E-state index contributed by atoms with van der Waals surface area (Å²) in [5, 5.41) is 4.21. The largest absolute Gasteiger partial charge is 0.444 e. The Hall–Kier alpha value is -2.37. The number of carbonyl (C=O) groups excluding carboxylic acids is 1. The number of nitrogens with one attached hydrogen (secondary N) is 1. The molecule has 0 saturated carbocycles. The van der Waals surface area contributed by atoms with Crippen molar-refractivity contribution in [3.8, 4) is 0 Å². The van der Waals surface area contributed by atoms with Crippen molar-refractivity contribution in [3.05, 3.63) is 36.3 Å². The molecule has 0 unspecified atom stereocenters. The van der Waals surface area contributed by atoms with E-state index in [2.05, 4.69) is 10.3 Å². The highest BCUT2D eigenvalue weighted by atomic mass is 19.1. The van der Waals surface area contributed by atoms with E-state index >= 15 is 0 Å². The van der Waals surface area contributed by atoms with Crippen LogP contribution in [0.3, 0.4) is 0 Å². The number of ether oxygens (including phenoxy) is 1. The van der Waals surface area contributed by atoms with Crippen molar-refractivity contribution in [1.29, 1.82) is 0 Å². The number of rotatable bonds is 2. The van der Waals surface area contributed by atoms with Gasteiger partial charge in [0.2, 0.25) is 0 Å². The summed E-state index contributed by atoms with van der Waals surface area (Å²) in [4.78, 5) is 18.2. The van der Waals surface area contributed by atoms with Gasteiger partial charge in [0.1, 0.15) is 11.4 Å². The Balaban J connectivity index is 1.58. The van der Waals surface area contributed by atoms with Crippen molar-refractivity contribution >= 4 is 22.7 Å². The fourth-order valence-electron chi connectivity index (χ4n) is 2.95. The first-order chi connectivity index (χ1) is 11.8. The molecule has 1 aromatic carbocycles. The highest BCUT2D eigenvalue weighted by molar-refractivity contribution is 5.81. The fourth-order valence-corrected chi connectivity index (χ4v) is 2.95. The molecular formula is C19H24FN3O2. The van der Waals surface area contributed by atoms with Gasteiger partial charge < -0.3 is 15.0 Å². The third-order valence-corrected chi connectivity index (χ3v) is 4.16. The number of hydrogen-bond acceptors (Lipinski definition) is 4. The SMILES string of the molecule is CC(C)(C)OC(=O)N1CCC(Nc2cnc3ccc(F)cc3c2)CC1. The molecule has 2 aromatic rings. The Kier molecular flexibility index (Phi) is 4.79. The summed E-state index contributed by atoms with van der Waals surface area (Å²) in [6.07, 6.45) is 3.18. The third kappa shape index (κ3) is 4.59. The molecule has 0 bridgehead atoms. The van der Waals surface area contributed by atoms with Crippen LogP contribution < -0.4 is 5.32 Å². The Morgan fingerprint density at radius 3 is 2.68 bits per heavy atom. The molecule has 2 heterocycles. The molecule has 0 radical (unpaired) electrons. The fraction of sp³-hybridized carbons (Fsp3) is 0.474. The number of likely N-dealkylation sites (tertiary alicyclic amines) is 1. The van der Waals surface area contributed by atoms with Crippen LogP contribution in [0.25, 0.3) is 10.9 Å². The van der Waals surface area contributed by atoms with Gasteiger partial charge in [-0.05, 0) is 57.9 Å². The highest BCUT2D eigenvalue weighted by Crippen LogP contribution is 2.21. The second-order valence-corrected chi connectivity index (χ2v) is 7.45. The van der Waals surface area contributed by atoms with Crippen LogP contribution >= 0.6 is 0 Å². The van der Waals surface area contributed by atoms with E-state index in [1.54, 1.807) is 17.2 Å². The lowest BCUT2D eigenvalue weighted by Crippen LogP contribution is -2.44. The van der Waals surface area contributed by atoms with Crippen LogP contribution in [0.5, 0.6) is 0 Å². The van der Waals surface area contributed by atoms with Crippen molar-refractivity contribution in [2.75, 3.05) is 18.4 Å². The highest BCUT2D eigenvalue weighted by Gasteiger charge is 2.26. The first-order valence-corrected chi connectivity index (χ1v) is 8.60. The Morgan fingerprint density at radius 1 is 1.28 bits per heavy atom. The quantitative estimate of drug-likeness (QED) is 0.887. The monoisotopic (exact) mass is 345 g/mol. The van der Waals surface area contributed by atoms with Gasteiger partial charge in [-0.15, -0.1) is 0 Å². The first-order valence-electron chi connectivity index (χ1n) is 8.60. The zero-order valence-corrected chi connectivity index (χ0v) is 14.9. The van der Waals surface area contributed by atoms with Crippen LogP contribution in [0.2, 0.25) is 0 Å². The molecule has 1 aromatic heterocycles. The second-order valence-electron chi connectivity index (χ2n) is 7.45. The Labute approximate surface area is 147 Å². The van der Waals surface area contributed by atoms with Crippen molar-refractivity contribution in [3.63, 3.8) is 0 Å². The normalized spacial score (nSPS) is 16.1. The summed E-state index contributed by atoms with van der Waals surface area (Å²) in [5.41, 5.74) is 1.17. The Morgan fingerprint density at radius 2 is 2.00 bits per heavy atom. The molecule has 6 heteroatoms. The molecule has 0 atom stereocenters. The number of benzene rings is 1. The van der Waals surface area contributed by atoms with Crippen LogP contribution in [0, 0.1) is 5.82 Å². The van der Waals surface area contributed by atoms with Crippen LogP contribution in [0.4, 0.5) is 14.9 Å². The lowest BCUT2D eigenvalue weighted by Gasteiger charge is -2.34. The smallest absolute Gasteiger partial charge is 0.410 e. The van der Waals surface area contributed by atoms with Gasteiger partial charge in [0.15, 0.2) is 0 Å². The van der Waals surface area contributed by atoms with E-state index in [-0.39, 0.29) is 18.0 Å². The average molecular weight is 345 g/mol. The molecule has 0 spiro atoms. The molecule has 3 rings (SSSR count). The number of fused-ring (bicyclic) bond motifs is 1. The predicted octanol–water partition coefficient (Wildman–Crippen LogP) is 4.19. The van der Waals surface area contributed by atoms with Crippen LogP contribution in [0.1, 0.15) is 33.6 Å². The van der Waals surface area contributed by atoms with Gasteiger partial charge in [-0.3, -0.25) is 4.98 Å². The third-order valence-electron chi connectivity index (χ3n) is 4.16. The predicted molar refractivity (Wildman–Crippen MR) is 96.2 cm³/mol. The van der Waals surface area contributed by atoms with Crippen molar-refractivity contribution in [1.82, 2.24) is 9.88 Å². The van der Waals surface area contributed by atoms with Gasteiger partial charge in [0, 0.05) is 24.5 Å². The number of aromatic nitrogens is 1. The second kappa shape index (κ2) is 6.86. The van der Waals surface area contributed by atoms with Crippen LogP contribution in [0.15, 0.2) is 30.5 Å². The summed E-state index contributed by atoms with van der Waals surface area (Å²) >= 11 is 0. The van der Waals surface area contributed by atoms with E-state index in [9.17, 15) is 9.18 Å². The number of piperidine rings is 1. The lowest BCUT2D eigenvalue weighted by atomic mass is 10.0. The number of amides is 1. The van der Waals surface area contributed by atoms with E-state index < -0.39 is 5.60 Å². The summed E-state index contributed by atoms with van der Waals surface area (Å²) in [6, 6.07) is 6.74. The average Bonchev–Trinajstić information content (AvgIpc) is 2.53. The molecule has 1 saturated heterocycles. The van der Waals surface area contributed by atoms with Gasteiger partial charge in [-0.2, -0.15) is 0 Å². The minimum Gasteiger partial charge on any atom is -0.444 e.